The number of carbonyl (C=O) groups is 1. The first-order chi connectivity index (χ1) is 6.70. The van der Waals surface area contributed by atoms with Crippen LogP contribution < -0.4 is 0 Å². The smallest absolute Gasteiger partial charge is 0.336 e. The Balaban J connectivity index is 0.00000112. The van der Waals surface area contributed by atoms with Crippen molar-refractivity contribution >= 4 is 60.0 Å². The van der Waals surface area contributed by atoms with Gasteiger partial charge in [-0.2, -0.15) is 0 Å². The quantitative estimate of drug-likeness (QED) is 0.672. The van der Waals surface area contributed by atoms with Gasteiger partial charge in [0.15, 0.2) is 0 Å². The van der Waals surface area contributed by atoms with Gasteiger partial charge in [-0.25, -0.2) is 4.79 Å². The van der Waals surface area contributed by atoms with Gasteiger partial charge in [-0.15, -0.1) is 0 Å². The molecule has 0 bridgehead atoms. The second-order valence-corrected chi connectivity index (χ2v) is 3.80. The zero-order valence-electron chi connectivity index (χ0n) is 7.77. The Hall–Kier alpha value is -0.428. The molecule has 0 fully saturated rings. The summed E-state index contributed by atoms with van der Waals surface area (Å²) in [4.78, 5) is 10.9. The number of aromatic carboxylic acids is 1. The van der Waals surface area contributed by atoms with Crippen molar-refractivity contribution in [2.24, 2.45) is 0 Å². The van der Waals surface area contributed by atoms with E-state index in [1.54, 1.807) is 12.1 Å². The number of hydrogen-bond donors (Lipinski definition) is 1. The van der Waals surface area contributed by atoms with Crippen molar-refractivity contribution in [3.63, 3.8) is 0 Å². The van der Waals surface area contributed by atoms with Gasteiger partial charge in [0, 0.05) is 37.2 Å². The summed E-state index contributed by atoms with van der Waals surface area (Å²) in [5.74, 6) is -0.900. The number of rotatable bonds is 1. The van der Waals surface area contributed by atoms with Crippen molar-refractivity contribution in [1.29, 1.82) is 0 Å². The molecule has 0 unspecified atom stereocenters. The molecule has 4 heteroatoms. The fourth-order valence-electron chi connectivity index (χ4n) is 1.47. The van der Waals surface area contributed by atoms with Gasteiger partial charge < -0.3 is 5.11 Å². The molecule has 0 aliphatic rings. The van der Waals surface area contributed by atoms with Crippen molar-refractivity contribution in [2.75, 3.05) is 0 Å². The summed E-state index contributed by atoms with van der Waals surface area (Å²) in [5.41, 5.74) is 0.329. The number of carboxylic acid groups (broad SMARTS) is 1. The third kappa shape index (κ3) is 2.39. The maximum atomic E-state index is 10.9. The molecule has 0 atom stereocenters. The molecule has 0 aliphatic carbocycles. The Morgan fingerprint density at radius 3 is 2.33 bits per heavy atom. The molecule has 73 valence electrons. The Labute approximate surface area is 116 Å². The van der Waals surface area contributed by atoms with Crippen LogP contribution in [0, 0.1) is 0 Å². The van der Waals surface area contributed by atoms with E-state index < -0.39 is 5.97 Å². The summed E-state index contributed by atoms with van der Waals surface area (Å²) in [5, 5.41) is 10.7. The van der Waals surface area contributed by atoms with Gasteiger partial charge in [-0.1, -0.05) is 40.2 Å². The molecule has 0 amide bonds. The van der Waals surface area contributed by atoms with E-state index >= 15 is 0 Å². The maximum Gasteiger partial charge on any atom is 0.336 e. The number of benzene rings is 2. The third-order valence-electron chi connectivity index (χ3n) is 2.08. The second kappa shape index (κ2) is 5.07. The molecule has 1 N–H and O–H groups in total. The summed E-state index contributed by atoms with van der Waals surface area (Å²) < 4.78 is 0.813. The molecule has 0 spiro atoms. The van der Waals surface area contributed by atoms with Crippen molar-refractivity contribution in [3.05, 3.63) is 46.4 Å². The predicted octanol–water partition coefficient (Wildman–Crippen LogP) is 2.92. The average molecular weight is 455 g/mol. The standard InChI is InChI=1S/C11H7BrO2.Tl/c12-9-6-2-4-7-3-1-5-8(10(7)9)11(13)14;/h1-6H,(H,13,14);. The summed E-state index contributed by atoms with van der Waals surface area (Å²) in [6, 6.07) is 10.9. The van der Waals surface area contributed by atoms with Gasteiger partial charge in [-0.05, 0) is 17.5 Å². The van der Waals surface area contributed by atoms with E-state index in [9.17, 15) is 4.79 Å². The first-order valence-corrected chi connectivity index (χ1v) is 4.90. The van der Waals surface area contributed by atoms with Crippen LogP contribution >= 0.6 is 15.9 Å². The predicted molar refractivity (Wildman–Crippen MR) is 64.4 cm³/mol. The zero-order valence-corrected chi connectivity index (χ0v) is 13.8. The largest absolute Gasteiger partial charge is 0.478 e. The van der Waals surface area contributed by atoms with E-state index in [4.69, 9.17) is 5.11 Å². The van der Waals surface area contributed by atoms with Crippen LogP contribution in [0.15, 0.2) is 40.9 Å². The Morgan fingerprint density at radius 2 is 1.73 bits per heavy atom. The summed E-state index contributed by atoms with van der Waals surface area (Å²) in [6.07, 6.45) is 0. The van der Waals surface area contributed by atoms with Gasteiger partial charge in [0.1, 0.15) is 0 Å². The number of hydrogen-bond acceptors (Lipinski definition) is 1. The molecule has 0 saturated heterocycles. The van der Waals surface area contributed by atoms with E-state index in [1.807, 2.05) is 24.3 Å². The minimum atomic E-state index is -0.900. The summed E-state index contributed by atoms with van der Waals surface area (Å²) in [6.45, 7) is 0. The molecular formula is C11H7BrO2Tl. The van der Waals surface area contributed by atoms with Crippen LogP contribution in [0.3, 0.4) is 0 Å². The van der Waals surface area contributed by atoms with Crippen LogP contribution in [0.5, 0.6) is 0 Å². The summed E-state index contributed by atoms with van der Waals surface area (Å²) in [7, 11) is 0. The van der Waals surface area contributed by atoms with Gasteiger partial charge in [0.2, 0.25) is 0 Å². The van der Waals surface area contributed by atoms with E-state index in [0.29, 0.717) is 5.56 Å². The molecule has 2 aromatic carbocycles. The van der Waals surface area contributed by atoms with Crippen molar-refractivity contribution in [1.82, 2.24) is 0 Å². The minimum Gasteiger partial charge on any atom is -0.478 e. The van der Waals surface area contributed by atoms with Crippen LogP contribution in [0.1, 0.15) is 10.4 Å². The van der Waals surface area contributed by atoms with E-state index in [1.165, 1.54) is 0 Å². The fraction of sp³-hybridized carbons (Fsp3) is 0. The molecule has 0 heterocycles. The van der Waals surface area contributed by atoms with E-state index in [-0.39, 0.29) is 27.3 Å². The second-order valence-electron chi connectivity index (χ2n) is 2.95. The molecule has 0 aromatic heterocycles. The van der Waals surface area contributed by atoms with Gasteiger partial charge in [0.25, 0.3) is 0 Å². The number of halogens is 1. The monoisotopic (exact) mass is 455 g/mol. The van der Waals surface area contributed by atoms with Gasteiger partial charge in [0.05, 0.1) is 5.56 Å². The Kier molecular flexibility index (Phi) is 4.27. The van der Waals surface area contributed by atoms with Crippen LogP contribution in [0.4, 0.5) is 0 Å². The SMILES string of the molecule is O=C(O)c1cccc2cccc(Br)c12.[Tl]. The van der Waals surface area contributed by atoms with Crippen LogP contribution in [0.25, 0.3) is 10.8 Å². The minimum absolute atomic E-state index is 0. The summed E-state index contributed by atoms with van der Waals surface area (Å²) >= 11 is 3.35. The topological polar surface area (TPSA) is 37.3 Å². The van der Waals surface area contributed by atoms with Crippen molar-refractivity contribution < 1.29 is 9.90 Å². The van der Waals surface area contributed by atoms with Crippen LogP contribution in [-0.4, -0.2) is 38.4 Å². The Morgan fingerprint density at radius 1 is 1.13 bits per heavy atom. The maximum absolute atomic E-state index is 10.9. The zero-order chi connectivity index (χ0) is 10.1. The first kappa shape index (κ1) is 12.6. The molecule has 2 rings (SSSR count). The van der Waals surface area contributed by atoms with Gasteiger partial charge in [-0.3, -0.25) is 0 Å². The normalized spacial score (nSPS) is 9.67. The molecule has 2 aromatic rings. The van der Waals surface area contributed by atoms with E-state index in [0.717, 1.165) is 15.2 Å². The van der Waals surface area contributed by atoms with E-state index in [2.05, 4.69) is 15.9 Å². The molecule has 15 heavy (non-hydrogen) atoms. The number of fused-ring (bicyclic) bond motifs is 1. The average Bonchev–Trinajstić information content (AvgIpc) is 2.17. The molecular weight excluding hydrogens is 448 g/mol. The van der Waals surface area contributed by atoms with Crippen LogP contribution in [0.2, 0.25) is 0 Å². The number of carboxylic acids is 1. The van der Waals surface area contributed by atoms with Crippen molar-refractivity contribution in [2.45, 2.75) is 0 Å². The van der Waals surface area contributed by atoms with Gasteiger partial charge >= 0.3 is 5.97 Å². The third-order valence-corrected chi connectivity index (χ3v) is 2.75. The molecule has 2 nitrogen and oxygen atoms in total. The molecule has 0 aliphatic heterocycles. The first-order valence-electron chi connectivity index (χ1n) is 4.10. The van der Waals surface area contributed by atoms with Crippen molar-refractivity contribution in [3.8, 4) is 0 Å². The molecule has 0 saturated carbocycles. The molecule has 1 radical (unpaired) electrons. The van der Waals surface area contributed by atoms with Crippen LogP contribution in [-0.2, 0) is 0 Å². The Bertz CT molecular complexity index is 506. The fourth-order valence-corrected chi connectivity index (χ4v) is 2.07.